The second-order valence-electron chi connectivity index (χ2n) is 6.41. The molecule has 1 fully saturated rings. The first-order chi connectivity index (χ1) is 12.7. The van der Waals surface area contributed by atoms with Crippen LogP contribution < -0.4 is 10.2 Å². The van der Waals surface area contributed by atoms with E-state index in [1.54, 1.807) is 6.92 Å². The number of rotatable bonds is 4. The second-order valence-corrected chi connectivity index (χ2v) is 6.41. The van der Waals surface area contributed by atoms with Crippen molar-refractivity contribution in [2.24, 2.45) is 0 Å². The zero-order valence-corrected chi connectivity index (χ0v) is 14.7. The van der Waals surface area contributed by atoms with Crippen molar-refractivity contribution in [1.82, 2.24) is 9.97 Å². The molecule has 0 amide bonds. The number of hydrogen-bond donors (Lipinski definition) is 2. The number of para-hydroxylation sites is 1. The van der Waals surface area contributed by atoms with E-state index in [1.165, 1.54) is 0 Å². The molecular formula is C20H22N4O2. The first-order valence-electron chi connectivity index (χ1n) is 8.85. The fourth-order valence-corrected chi connectivity index (χ4v) is 3.14. The Labute approximate surface area is 152 Å². The number of aliphatic hydroxyl groups is 1. The summed E-state index contributed by atoms with van der Waals surface area (Å²) in [7, 11) is 0. The molecule has 6 heteroatoms. The average molecular weight is 350 g/mol. The average Bonchev–Trinajstić information content (AvgIpc) is 2.68. The Kier molecular flexibility index (Phi) is 4.69. The van der Waals surface area contributed by atoms with Gasteiger partial charge in [0.05, 0.1) is 24.8 Å². The van der Waals surface area contributed by atoms with E-state index < -0.39 is 6.10 Å². The number of ether oxygens (including phenoxy) is 1. The minimum Gasteiger partial charge on any atom is -0.389 e. The van der Waals surface area contributed by atoms with E-state index in [0.29, 0.717) is 19.2 Å². The summed E-state index contributed by atoms with van der Waals surface area (Å²) in [5.41, 5.74) is 2.61. The summed E-state index contributed by atoms with van der Waals surface area (Å²) in [4.78, 5) is 11.7. The van der Waals surface area contributed by atoms with Crippen molar-refractivity contribution < 1.29 is 9.84 Å². The van der Waals surface area contributed by atoms with Crippen LogP contribution in [-0.2, 0) is 4.74 Å². The number of morpholine rings is 1. The van der Waals surface area contributed by atoms with Gasteiger partial charge >= 0.3 is 0 Å². The molecule has 3 aromatic rings. The van der Waals surface area contributed by atoms with Gasteiger partial charge in [-0.1, -0.05) is 24.3 Å². The van der Waals surface area contributed by atoms with E-state index in [9.17, 15) is 5.11 Å². The van der Waals surface area contributed by atoms with Gasteiger partial charge in [0.15, 0.2) is 0 Å². The number of nitrogens with one attached hydrogen (secondary N) is 1. The van der Waals surface area contributed by atoms with Crippen LogP contribution in [0.3, 0.4) is 0 Å². The third kappa shape index (κ3) is 3.47. The van der Waals surface area contributed by atoms with Crippen LogP contribution in [0.4, 0.5) is 17.5 Å². The summed E-state index contributed by atoms with van der Waals surface area (Å²) in [5.74, 6) is 1.47. The maximum atomic E-state index is 9.79. The van der Waals surface area contributed by atoms with Crippen LogP contribution in [0.1, 0.15) is 18.6 Å². The lowest BCUT2D eigenvalue weighted by molar-refractivity contribution is 0.122. The molecule has 1 aromatic heterocycles. The molecular weight excluding hydrogens is 328 g/mol. The molecule has 1 aliphatic rings. The van der Waals surface area contributed by atoms with Crippen molar-refractivity contribution in [3.63, 3.8) is 0 Å². The molecule has 0 aliphatic carbocycles. The summed E-state index contributed by atoms with van der Waals surface area (Å²) in [5, 5.41) is 14.1. The molecule has 1 saturated heterocycles. The second kappa shape index (κ2) is 7.27. The van der Waals surface area contributed by atoms with Crippen LogP contribution in [0.5, 0.6) is 0 Å². The Bertz CT molecular complexity index is 907. The molecule has 1 atom stereocenters. The van der Waals surface area contributed by atoms with E-state index in [1.807, 2.05) is 42.5 Å². The van der Waals surface area contributed by atoms with Crippen LogP contribution >= 0.6 is 0 Å². The topological polar surface area (TPSA) is 70.5 Å². The van der Waals surface area contributed by atoms with Gasteiger partial charge < -0.3 is 20.1 Å². The van der Waals surface area contributed by atoms with E-state index in [0.717, 1.165) is 41.1 Å². The third-order valence-electron chi connectivity index (χ3n) is 4.52. The Morgan fingerprint density at radius 1 is 1.08 bits per heavy atom. The maximum Gasteiger partial charge on any atom is 0.229 e. The molecule has 2 aromatic carbocycles. The molecule has 0 spiro atoms. The summed E-state index contributed by atoms with van der Waals surface area (Å²) < 4.78 is 5.47. The zero-order valence-electron chi connectivity index (χ0n) is 14.7. The largest absolute Gasteiger partial charge is 0.389 e. The molecule has 0 unspecified atom stereocenters. The van der Waals surface area contributed by atoms with Gasteiger partial charge in [0.25, 0.3) is 0 Å². The highest BCUT2D eigenvalue weighted by Crippen LogP contribution is 2.27. The highest BCUT2D eigenvalue weighted by molar-refractivity contribution is 5.90. The molecule has 1 aliphatic heterocycles. The Morgan fingerprint density at radius 2 is 1.88 bits per heavy atom. The predicted octanol–water partition coefficient (Wildman–Crippen LogP) is 3.26. The first kappa shape index (κ1) is 16.8. The van der Waals surface area contributed by atoms with Gasteiger partial charge in [-0.15, -0.1) is 0 Å². The third-order valence-corrected chi connectivity index (χ3v) is 4.52. The monoisotopic (exact) mass is 350 g/mol. The van der Waals surface area contributed by atoms with Gasteiger partial charge in [-0.3, -0.25) is 0 Å². The Morgan fingerprint density at radius 3 is 2.69 bits per heavy atom. The van der Waals surface area contributed by atoms with E-state index in [2.05, 4.69) is 21.3 Å². The number of aromatic nitrogens is 2. The molecule has 2 N–H and O–H groups in total. The van der Waals surface area contributed by atoms with Crippen LogP contribution in [0.25, 0.3) is 10.9 Å². The van der Waals surface area contributed by atoms with Gasteiger partial charge in [0.2, 0.25) is 5.95 Å². The summed E-state index contributed by atoms with van der Waals surface area (Å²) >= 11 is 0. The van der Waals surface area contributed by atoms with E-state index >= 15 is 0 Å². The van der Waals surface area contributed by atoms with E-state index in [-0.39, 0.29) is 0 Å². The summed E-state index contributed by atoms with van der Waals surface area (Å²) in [6.45, 7) is 4.80. The van der Waals surface area contributed by atoms with Gasteiger partial charge in [-0.25, -0.2) is 4.98 Å². The van der Waals surface area contributed by atoms with Crippen LogP contribution in [0.2, 0.25) is 0 Å². The SMILES string of the molecule is C[C@H](O)c1cccc(Nc2nc(N3CCOCC3)c3ccccc3n2)c1. The summed E-state index contributed by atoms with van der Waals surface area (Å²) in [6.07, 6.45) is -0.516. The van der Waals surface area contributed by atoms with Gasteiger partial charge in [-0.05, 0) is 36.8 Å². The molecule has 0 radical (unpaired) electrons. The molecule has 4 rings (SSSR count). The Hall–Kier alpha value is -2.70. The number of anilines is 3. The van der Waals surface area contributed by atoms with Crippen molar-refractivity contribution in [2.75, 3.05) is 36.5 Å². The molecule has 0 saturated carbocycles. The minimum atomic E-state index is -0.516. The molecule has 0 bridgehead atoms. The first-order valence-corrected chi connectivity index (χ1v) is 8.85. The molecule has 26 heavy (non-hydrogen) atoms. The van der Waals surface area contributed by atoms with E-state index in [4.69, 9.17) is 9.72 Å². The number of fused-ring (bicyclic) bond motifs is 1. The van der Waals surface area contributed by atoms with Gasteiger partial charge in [-0.2, -0.15) is 4.98 Å². The number of nitrogens with zero attached hydrogens (tertiary/aromatic N) is 3. The zero-order chi connectivity index (χ0) is 17.9. The van der Waals surface area contributed by atoms with Crippen molar-refractivity contribution in [3.8, 4) is 0 Å². The molecule has 134 valence electrons. The van der Waals surface area contributed by atoms with Gasteiger partial charge in [0, 0.05) is 24.2 Å². The minimum absolute atomic E-state index is 0.516. The van der Waals surface area contributed by atoms with Crippen molar-refractivity contribution >= 4 is 28.4 Å². The Balaban J connectivity index is 1.72. The quantitative estimate of drug-likeness (QED) is 0.753. The van der Waals surface area contributed by atoms with Crippen molar-refractivity contribution in [1.29, 1.82) is 0 Å². The number of aliphatic hydroxyl groups excluding tert-OH is 1. The smallest absolute Gasteiger partial charge is 0.229 e. The number of hydrogen-bond acceptors (Lipinski definition) is 6. The van der Waals surface area contributed by atoms with Crippen molar-refractivity contribution in [2.45, 2.75) is 13.0 Å². The van der Waals surface area contributed by atoms with Crippen LogP contribution in [0.15, 0.2) is 48.5 Å². The van der Waals surface area contributed by atoms with Crippen LogP contribution in [0, 0.1) is 0 Å². The predicted molar refractivity (Wildman–Crippen MR) is 103 cm³/mol. The lowest BCUT2D eigenvalue weighted by Crippen LogP contribution is -2.37. The normalized spacial score (nSPS) is 15.8. The molecule has 6 nitrogen and oxygen atoms in total. The van der Waals surface area contributed by atoms with Crippen molar-refractivity contribution in [3.05, 3.63) is 54.1 Å². The standard InChI is InChI=1S/C20H22N4O2/c1-14(25)15-5-4-6-16(13-15)21-20-22-18-8-3-2-7-17(18)19(23-20)24-9-11-26-12-10-24/h2-8,13-14,25H,9-12H2,1H3,(H,21,22,23)/t14-/m0/s1. The highest BCUT2D eigenvalue weighted by atomic mass is 16.5. The highest BCUT2D eigenvalue weighted by Gasteiger charge is 2.17. The van der Waals surface area contributed by atoms with Crippen LogP contribution in [-0.4, -0.2) is 41.4 Å². The lowest BCUT2D eigenvalue weighted by Gasteiger charge is -2.29. The fraction of sp³-hybridized carbons (Fsp3) is 0.300. The maximum absolute atomic E-state index is 9.79. The molecule has 2 heterocycles. The summed E-state index contributed by atoms with van der Waals surface area (Å²) in [6, 6.07) is 15.7. The number of benzene rings is 2. The fourth-order valence-electron chi connectivity index (χ4n) is 3.14. The lowest BCUT2D eigenvalue weighted by atomic mass is 10.1. The van der Waals surface area contributed by atoms with Gasteiger partial charge in [0.1, 0.15) is 5.82 Å².